The number of nitrogens with zero attached hydrogens (tertiary/aromatic N) is 2. The predicted molar refractivity (Wildman–Crippen MR) is 86.6 cm³/mol. The Labute approximate surface area is 131 Å². The first-order chi connectivity index (χ1) is 9.93. The standard InChI is InChI=1S/C17H24N2OS/c1-12-7-8-14(21-12)13-6-5-9-19(13)11-16-18-10-15(20-16)17(2,3)4/h7-8,10,13H,5-6,9,11H2,1-4H3. The first-order valence-electron chi connectivity index (χ1n) is 7.69. The van der Waals surface area contributed by atoms with Crippen molar-refractivity contribution in [2.45, 2.75) is 58.5 Å². The van der Waals surface area contributed by atoms with Crippen molar-refractivity contribution < 1.29 is 4.42 Å². The van der Waals surface area contributed by atoms with Gasteiger partial charge in [0, 0.05) is 21.2 Å². The molecule has 3 nitrogen and oxygen atoms in total. The molecule has 0 bridgehead atoms. The minimum atomic E-state index is 0.0283. The smallest absolute Gasteiger partial charge is 0.208 e. The normalized spacial score (nSPS) is 20.3. The van der Waals surface area contributed by atoms with Gasteiger partial charge in [0.1, 0.15) is 5.76 Å². The molecule has 114 valence electrons. The van der Waals surface area contributed by atoms with E-state index >= 15 is 0 Å². The van der Waals surface area contributed by atoms with Crippen molar-refractivity contribution in [3.8, 4) is 0 Å². The van der Waals surface area contributed by atoms with E-state index in [1.165, 1.54) is 22.6 Å². The highest BCUT2D eigenvalue weighted by atomic mass is 32.1. The number of oxazole rings is 1. The molecule has 0 saturated carbocycles. The lowest BCUT2D eigenvalue weighted by Gasteiger charge is -2.22. The van der Waals surface area contributed by atoms with Crippen LogP contribution in [0.3, 0.4) is 0 Å². The van der Waals surface area contributed by atoms with Crippen LogP contribution in [0.2, 0.25) is 0 Å². The minimum Gasteiger partial charge on any atom is -0.444 e. The fraction of sp³-hybridized carbons (Fsp3) is 0.588. The van der Waals surface area contributed by atoms with Crippen LogP contribution in [0.25, 0.3) is 0 Å². The summed E-state index contributed by atoms with van der Waals surface area (Å²) in [6.07, 6.45) is 4.39. The van der Waals surface area contributed by atoms with Crippen LogP contribution < -0.4 is 0 Å². The molecule has 1 saturated heterocycles. The van der Waals surface area contributed by atoms with Crippen LogP contribution in [0.5, 0.6) is 0 Å². The highest BCUT2D eigenvalue weighted by Gasteiger charge is 2.28. The third-order valence-corrected chi connectivity index (χ3v) is 5.19. The molecule has 1 fully saturated rings. The van der Waals surface area contributed by atoms with Gasteiger partial charge in [-0.05, 0) is 38.4 Å². The maximum Gasteiger partial charge on any atom is 0.208 e. The topological polar surface area (TPSA) is 29.3 Å². The summed E-state index contributed by atoms with van der Waals surface area (Å²) in [5.74, 6) is 1.82. The van der Waals surface area contributed by atoms with Crippen molar-refractivity contribution in [3.63, 3.8) is 0 Å². The molecule has 0 radical (unpaired) electrons. The molecule has 4 heteroatoms. The van der Waals surface area contributed by atoms with Crippen LogP contribution in [-0.4, -0.2) is 16.4 Å². The molecule has 0 aromatic carbocycles. The van der Waals surface area contributed by atoms with Crippen LogP contribution in [0.1, 0.15) is 61.1 Å². The molecule has 1 unspecified atom stereocenters. The van der Waals surface area contributed by atoms with E-state index in [-0.39, 0.29) is 5.41 Å². The van der Waals surface area contributed by atoms with Gasteiger partial charge in [0.15, 0.2) is 0 Å². The fourth-order valence-corrected chi connectivity index (χ4v) is 3.92. The van der Waals surface area contributed by atoms with Crippen molar-refractivity contribution in [2.75, 3.05) is 6.54 Å². The van der Waals surface area contributed by atoms with E-state index in [0.29, 0.717) is 6.04 Å². The van der Waals surface area contributed by atoms with Gasteiger partial charge in [-0.25, -0.2) is 4.98 Å². The van der Waals surface area contributed by atoms with Gasteiger partial charge in [-0.2, -0.15) is 0 Å². The number of thiophene rings is 1. The summed E-state index contributed by atoms with van der Waals surface area (Å²) in [5, 5.41) is 0. The zero-order valence-corrected chi connectivity index (χ0v) is 14.2. The van der Waals surface area contributed by atoms with Gasteiger partial charge in [-0.3, -0.25) is 4.90 Å². The van der Waals surface area contributed by atoms with E-state index in [1.807, 2.05) is 17.5 Å². The molecule has 21 heavy (non-hydrogen) atoms. The zero-order chi connectivity index (χ0) is 15.0. The van der Waals surface area contributed by atoms with Crippen LogP contribution in [0, 0.1) is 6.92 Å². The monoisotopic (exact) mass is 304 g/mol. The molecule has 1 atom stereocenters. The maximum atomic E-state index is 5.95. The van der Waals surface area contributed by atoms with Crippen molar-refractivity contribution in [3.05, 3.63) is 39.7 Å². The molecule has 0 amide bonds. The van der Waals surface area contributed by atoms with Crippen molar-refractivity contribution >= 4 is 11.3 Å². The van der Waals surface area contributed by atoms with Gasteiger partial charge in [0.25, 0.3) is 0 Å². The molecule has 0 spiro atoms. The lowest BCUT2D eigenvalue weighted by Crippen LogP contribution is -2.22. The zero-order valence-electron chi connectivity index (χ0n) is 13.3. The summed E-state index contributed by atoms with van der Waals surface area (Å²) in [6.45, 7) is 10.6. The first-order valence-corrected chi connectivity index (χ1v) is 8.51. The summed E-state index contributed by atoms with van der Waals surface area (Å²) in [7, 11) is 0. The SMILES string of the molecule is Cc1ccc(C2CCCN2Cc2ncc(C(C)(C)C)o2)s1. The number of rotatable bonds is 3. The highest BCUT2D eigenvalue weighted by Crippen LogP contribution is 2.36. The molecule has 2 aromatic rings. The Morgan fingerprint density at radius 1 is 1.38 bits per heavy atom. The van der Waals surface area contributed by atoms with Crippen molar-refractivity contribution in [2.24, 2.45) is 0 Å². The second-order valence-corrected chi connectivity index (χ2v) is 8.26. The second kappa shape index (κ2) is 5.58. The van der Waals surface area contributed by atoms with Gasteiger partial charge in [-0.15, -0.1) is 11.3 Å². The quantitative estimate of drug-likeness (QED) is 0.824. The molecule has 0 N–H and O–H groups in total. The summed E-state index contributed by atoms with van der Waals surface area (Å²) in [6, 6.07) is 5.03. The number of hydrogen-bond acceptors (Lipinski definition) is 4. The Balaban J connectivity index is 1.73. The average Bonchev–Trinajstić information content (AvgIpc) is 3.08. The van der Waals surface area contributed by atoms with E-state index in [2.05, 4.69) is 49.7 Å². The first kappa shape index (κ1) is 14.8. The Bertz CT molecular complexity index is 608. The van der Waals surface area contributed by atoms with Gasteiger partial charge in [-0.1, -0.05) is 20.8 Å². The maximum absolute atomic E-state index is 5.95. The predicted octanol–water partition coefficient (Wildman–Crippen LogP) is 4.68. The van der Waals surface area contributed by atoms with Crippen LogP contribution in [-0.2, 0) is 12.0 Å². The highest BCUT2D eigenvalue weighted by molar-refractivity contribution is 7.12. The second-order valence-electron chi connectivity index (χ2n) is 6.95. The largest absolute Gasteiger partial charge is 0.444 e. The van der Waals surface area contributed by atoms with E-state index in [1.54, 1.807) is 0 Å². The summed E-state index contributed by atoms with van der Waals surface area (Å²) in [5.41, 5.74) is 0.0283. The fourth-order valence-electron chi connectivity index (χ4n) is 2.87. The molecule has 1 aliphatic heterocycles. The van der Waals surface area contributed by atoms with Crippen molar-refractivity contribution in [1.29, 1.82) is 0 Å². The number of likely N-dealkylation sites (tertiary alicyclic amines) is 1. The molecule has 1 aliphatic rings. The molecule has 0 aliphatic carbocycles. The van der Waals surface area contributed by atoms with Crippen LogP contribution in [0.4, 0.5) is 0 Å². The Hall–Kier alpha value is -1.13. The number of hydrogen-bond donors (Lipinski definition) is 0. The van der Waals surface area contributed by atoms with Crippen molar-refractivity contribution in [1.82, 2.24) is 9.88 Å². The van der Waals surface area contributed by atoms with Gasteiger partial charge in [0.05, 0.1) is 12.7 Å². The average molecular weight is 304 g/mol. The van der Waals surface area contributed by atoms with Gasteiger partial charge in [0.2, 0.25) is 5.89 Å². The van der Waals surface area contributed by atoms with Gasteiger partial charge >= 0.3 is 0 Å². The summed E-state index contributed by atoms with van der Waals surface area (Å²) < 4.78 is 5.95. The van der Waals surface area contributed by atoms with Crippen LogP contribution in [0.15, 0.2) is 22.7 Å². The van der Waals surface area contributed by atoms with E-state index in [4.69, 9.17) is 4.42 Å². The van der Waals surface area contributed by atoms with E-state index in [9.17, 15) is 0 Å². The molecule has 3 heterocycles. The Morgan fingerprint density at radius 3 is 2.81 bits per heavy atom. The third-order valence-electron chi connectivity index (χ3n) is 4.08. The Morgan fingerprint density at radius 2 is 2.19 bits per heavy atom. The lowest BCUT2D eigenvalue weighted by atomic mass is 9.94. The lowest BCUT2D eigenvalue weighted by molar-refractivity contribution is 0.220. The molecule has 3 rings (SSSR count). The molecule has 2 aromatic heterocycles. The number of aryl methyl sites for hydroxylation is 1. The third kappa shape index (κ3) is 3.22. The van der Waals surface area contributed by atoms with Gasteiger partial charge < -0.3 is 4.42 Å². The van der Waals surface area contributed by atoms with E-state index < -0.39 is 0 Å². The Kier molecular flexibility index (Phi) is 3.93. The minimum absolute atomic E-state index is 0.0283. The van der Waals surface area contributed by atoms with Crippen LogP contribution >= 0.6 is 11.3 Å². The van der Waals surface area contributed by atoms with E-state index in [0.717, 1.165) is 24.7 Å². The number of aromatic nitrogens is 1. The molecular weight excluding hydrogens is 280 g/mol. The molecular formula is C17H24N2OS. The summed E-state index contributed by atoms with van der Waals surface area (Å²) >= 11 is 1.92. The summed E-state index contributed by atoms with van der Waals surface area (Å²) in [4.78, 5) is 9.85.